The second kappa shape index (κ2) is 6.06. The monoisotopic (exact) mass is 405 g/mol. The van der Waals surface area contributed by atoms with Gasteiger partial charge in [0.1, 0.15) is 5.82 Å². The van der Waals surface area contributed by atoms with Gasteiger partial charge >= 0.3 is 5.97 Å². The molecule has 1 N–H and O–H groups in total. The lowest BCUT2D eigenvalue weighted by atomic mass is 10.3. The third-order valence-corrected chi connectivity index (χ3v) is 4.47. The van der Waals surface area contributed by atoms with Crippen molar-refractivity contribution in [3.8, 4) is 5.69 Å². The minimum absolute atomic E-state index is 0.0554. The van der Waals surface area contributed by atoms with Crippen molar-refractivity contribution in [1.29, 1.82) is 0 Å². The molecule has 0 radical (unpaired) electrons. The average Bonchev–Trinajstić information content (AvgIpc) is 2.69. The number of halogens is 2. The fraction of sp³-hybridized carbons (Fsp3) is 0.182. The van der Waals surface area contributed by atoms with E-state index in [4.69, 9.17) is 5.11 Å². The standard InChI is InChI=1S/C11H9Br2N3O2S/c1-6-14-15-11(19-5-9(17)18)16(6)10-7(12)3-2-4-8(10)13/h2-4H,5H2,1H3,(H,17,18). The minimum Gasteiger partial charge on any atom is -0.481 e. The number of hydrogen-bond acceptors (Lipinski definition) is 4. The first-order valence-corrected chi connectivity index (χ1v) is 7.79. The van der Waals surface area contributed by atoms with Crippen LogP contribution in [0.3, 0.4) is 0 Å². The van der Waals surface area contributed by atoms with Crippen LogP contribution in [0.15, 0.2) is 32.3 Å². The number of aliphatic carboxylic acids is 1. The van der Waals surface area contributed by atoms with E-state index in [0.29, 0.717) is 11.0 Å². The number of hydrogen-bond donors (Lipinski definition) is 1. The molecule has 5 nitrogen and oxygen atoms in total. The zero-order valence-electron chi connectivity index (χ0n) is 9.80. The number of rotatable bonds is 4. The normalized spacial score (nSPS) is 10.7. The summed E-state index contributed by atoms with van der Waals surface area (Å²) in [5, 5.41) is 17.3. The van der Waals surface area contributed by atoms with Crippen molar-refractivity contribution in [3.05, 3.63) is 33.0 Å². The molecular weight excluding hydrogens is 398 g/mol. The maximum Gasteiger partial charge on any atom is 0.313 e. The molecule has 0 spiro atoms. The van der Waals surface area contributed by atoms with Crippen molar-refractivity contribution in [2.24, 2.45) is 0 Å². The van der Waals surface area contributed by atoms with Crippen LogP contribution in [0.5, 0.6) is 0 Å². The second-order valence-electron chi connectivity index (χ2n) is 3.62. The van der Waals surface area contributed by atoms with E-state index >= 15 is 0 Å². The molecule has 0 atom stereocenters. The van der Waals surface area contributed by atoms with Gasteiger partial charge in [0.2, 0.25) is 0 Å². The Morgan fingerprint density at radius 1 is 1.37 bits per heavy atom. The van der Waals surface area contributed by atoms with Crippen LogP contribution in [0.1, 0.15) is 5.82 Å². The van der Waals surface area contributed by atoms with Crippen molar-refractivity contribution >= 4 is 49.6 Å². The molecule has 1 aromatic carbocycles. The number of aryl methyl sites for hydroxylation is 1. The minimum atomic E-state index is -0.886. The summed E-state index contributed by atoms with van der Waals surface area (Å²) < 4.78 is 3.57. The van der Waals surface area contributed by atoms with E-state index in [0.717, 1.165) is 26.4 Å². The van der Waals surface area contributed by atoms with Crippen LogP contribution in [0, 0.1) is 6.92 Å². The molecule has 0 aliphatic rings. The molecule has 1 aromatic heterocycles. The highest BCUT2D eigenvalue weighted by molar-refractivity contribution is 9.11. The van der Waals surface area contributed by atoms with E-state index in [-0.39, 0.29) is 5.75 Å². The molecule has 19 heavy (non-hydrogen) atoms. The van der Waals surface area contributed by atoms with Crippen molar-refractivity contribution in [2.75, 3.05) is 5.75 Å². The number of thioether (sulfide) groups is 1. The molecule has 0 saturated carbocycles. The van der Waals surface area contributed by atoms with E-state index in [1.807, 2.05) is 29.7 Å². The maximum absolute atomic E-state index is 10.7. The van der Waals surface area contributed by atoms with E-state index in [1.54, 1.807) is 0 Å². The highest BCUT2D eigenvalue weighted by Crippen LogP contribution is 2.32. The molecular formula is C11H9Br2N3O2S. The fourth-order valence-corrected chi connectivity index (χ4v) is 3.58. The second-order valence-corrected chi connectivity index (χ2v) is 6.27. The summed E-state index contributed by atoms with van der Waals surface area (Å²) in [6.45, 7) is 1.82. The summed E-state index contributed by atoms with van der Waals surface area (Å²) in [5.41, 5.74) is 0.859. The first-order chi connectivity index (χ1) is 9.00. The highest BCUT2D eigenvalue weighted by atomic mass is 79.9. The molecule has 100 valence electrons. The topological polar surface area (TPSA) is 68.0 Å². The first kappa shape index (κ1) is 14.5. The Morgan fingerprint density at radius 2 is 2.00 bits per heavy atom. The summed E-state index contributed by atoms with van der Waals surface area (Å²) in [6.07, 6.45) is 0. The van der Waals surface area contributed by atoms with Gasteiger partial charge in [-0.1, -0.05) is 17.8 Å². The lowest BCUT2D eigenvalue weighted by Crippen LogP contribution is -2.04. The largest absolute Gasteiger partial charge is 0.481 e. The summed E-state index contributed by atoms with van der Waals surface area (Å²) >= 11 is 8.11. The number of carbonyl (C=O) groups is 1. The van der Waals surface area contributed by atoms with Gasteiger partial charge in [-0.15, -0.1) is 10.2 Å². The van der Waals surface area contributed by atoms with Crippen LogP contribution >= 0.6 is 43.6 Å². The van der Waals surface area contributed by atoms with Gasteiger partial charge in [-0.05, 0) is 50.9 Å². The van der Waals surface area contributed by atoms with Crippen LogP contribution in [0.2, 0.25) is 0 Å². The Balaban J connectivity index is 2.49. The smallest absolute Gasteiger partial charge is 0.313 e. The zero-order valence-corrected chi connectivity index (χ0v) is 13.8. The Morgan fingerprint density at radius 3 is 2.58 bits per heavy atom. The first-order valence-electron chi connectivity index (χ1n) is 5.21. The molecule has 0 aliphatic carbocycles. The van der Waals surface area contributed by atoms with Gasteiger partial charge in [0.05, 0.1) is 11.4 Å². The molecule has 2 rings (SSSR count). The van der Waals surface area contributed by atoms with Crippen LogP contribution in [-0.4, -0.2) is 31.6 Å². The van der Waals surface area contributed by atoms with E-state index < -0.39 is 5.97 Å². The number of nitrogens with zero attached hydrogens (tertiary/aromatic N) is 3. The summed E-state index contributed by atoms with van der Waals surface area (Å²) in [7, 11) is 0. The molecule has 1 heterocycles. The number of para-hydroxylation sites is 1. The number of carboxylic acid groups (broad SMARTS) is 1. The van der Waals surface area contributed by atoms with E-state index in [9.17, 15) is 4.79 Å². The molecule has 8 heteroatoms. The summed E-state index contributed by atoms with van der Waals surface area (Å²) in [6, 6.07) is 5.72. The molecule has 2 aromatic rings. The van der Waals surface area contributed by atoms with Gasteiger partial charge in [-0.2, -0.15) is 0 Å². The zero-order chi connectivity index (χ0) is 14.0. The Labute approximate surface area is 130 Å². The van der Waals surface area contributed by atoms with Crippen LogP contribution in [0.4, 0.5) is 0 Å². The SMILES string of the molecule is Cc1nnc(SCC(=O)O)n1-c1c(Br)cccc1Br. The maximum atomic E-state index is 10.7. The third kappa shape index (κ3) is 3.18. The van der Waals surface area contributed by atoms with Gasteiger partial charge in [-0.3, -0.25) is 9.36 Å². The number of benzene rings is 1. The fourth-order valence-electron chi connectivity index (χ4n) is 1.52. The van der Waals surface area contributed by atoms with Crippen LogP contribution < -0.4 is 0 Å². The van der Waals surface area contributed by atoms with E-state index in [1.165, 1.54) is 0 Å². The predicted octanol–water partition coefficient (Wildman–Crippen LogP) is 3.28. The number of aromatic nitrogens is 3. The summed E-state index contributed by atoms with van der Waals surface area (Å²) in [4.78, 5) is 10.7. The van der Waals surface area contributed by atoms with Crippen molar-refractivity contribution < 1.29 is 9.90 Å². The van der Waals surface area contributed by atoms with Crippen LogP contribution in [0.25, 0.3) is 5.69 Å². The summed E-state index contributed by atoms with van der Waals surface area (Å²) in [5.74, 6) is -0.246. The van der Waals surface area contributed by atoms with E-state index in [2.05, 4.69) is 42.1 Å². The van der Waals surface area contributed by atoms with Crippen LogP contribution in [-0.2, 0) is 4.79 Å². The predicted molar refractivity (Wildman–Crippen MR) is 79.9 cm³/mol. The lowest BCUT2D eigenvalue weighted by Gasteiger charge is -2.11. The van der Waals surface area contributed by atoms with Gasteiger partial charge in [0, 0.05) is 8.95 Å². The van der Waals surface area contributed by atoms with Crippen molar-refractivity contribution in [1.82, 2.24) is 14.8 Å². The molecule has 0 saturated heterocycles. The van der Waals surface area contributed by atoms with Crippen molar-refractivity contribution in [3.63, 3.8) is 0 Å². The lowest BCUT2D eigenvalue weighted by molar-refractivity contribution is -0.133. The van der Waals surface area contributed by atoms with Gasteiger partial charge in [0.25, 0.3) is 0 Å². The molecule has 0 bridgehead atoms. The highest BCUT2D eigenvalue weighted by Gasteiger charge is 2.17. The third-order valence-electron chi connectivity index (χ3n) is 2.28. The van der Waals surface area contributed by atoms with Crippen molar-refractivity contribution in [2.45, 2.75) is 12.1 Å². The average molecular weight is 407 g/mol. The Kier molecular flexibility index (Phi) is 4.64. The van der Waals surface area contributed by atoms with Gasteiger partial charge in [-0.25, -0.2) is 0 Å². The molecule has 0 fully saturated rings. The molecule has 0 aliphatic heterocycles. The molecule has 0 amide bonds. The van der Waals surface area contributed by atoms with Gasteiger partial charge < -0.3 is 5.11 Å². The molecule has 0 unspecified atom stereocenters. The van der Waals surface area contributed by atoms with Gasteiger partial charge in [0.15, 0.2) is 5.16 Å². The Bertz CT molecular complexity index is 610. The Hall–Kier alpha value is -0.860. The quantitative estimate of drug-likeness (QED) is 0.789. The number of carboxylic acids is 1.